The van der Waals surface area contributed by atoms with Crippen molar-refractivity contribution in [3.05, 3.63) is 35.9 Å². The van der Waals surface area contributed by atoms with E-state index in [2.05, 4.69) is 17.4 Å². The highest BCUT2D eigenvalue weighted by molar-refractivity contribution is 5.70. The number of ether oxygens (including phenoxy) is 1. The van der Waals surface area contributed by atoms with Crippen molar-refractivity contribution in [1.82, 2.24) is 5.32 Å². The number of benzene rings is 1. The highest BCUT2D eigenvalue weighted by Crippen LogP contribution is 2.25. The molecule has 1 aromatic rings. The quantitative estimate of drug-likeness (QED) is 0.486. The van der Waals surface area contributed by atoms with E-state index in [0.717, 1.165) is 45.3 Å². The lowest BCUT2D eigenvalue weighted by atomic mass is 9.91. The van der Waals surface area contributed by atoms with Crippen LogP contribution >= 0.6 is 0 Å². The van der Waals surface area contributed by atoms with Crippen LogP contribution in [0.4, 0.5) is 0 Å². The van der Waals surface area contributed by atoms with Crippen molar-refractivity contribution in [1.29, 1.82) is 0 Å². The molecule has 1 aromatic carbocycles. The summed E-state index contributed by atoms with van der Waals surface area (Å²) >= 11 is 0. The molecule has 4 nitrogen and oxygen atoms in total. The first-order chi connectivity index (χ1) is 10.3. The Bertz CT molecular complexity index is 382. The van der Waals surface area contributed by atoms with E-state index in [0.29, 0.717) is 6.42 Å². The molecule has 0 radical (unpaired) electrons. The molecule has 3 N–H and O–H groups in total. The first-order valence-corrected chi connectivity index (χ1v) is 7.80. The standard InChI is InChI=1S/C17H28N2O2/c1-21-17(20)14-16(15-8-3-2-4-9-15)10-7-13-19-12-6-5-11-18/h2-4,8-9,16,19H,5-7,10-14,18H2,1H3. The van der Waals surface area contributed by atoms with E-state index in [1.54, 1.807) is 0 Å². The van der Waals surface area contributed by atoms with Gasteiger partial charge in [0.1, 0.15) is 0 Å². The van der Waals surface area contributed by atoms with Gasteiger partial charge in [0, 0.05) is 0 Å². The minimum absolute atomic E-state index is 0.139. The van der Waals surface area contributed by atoms with Gasteiger partial charge in [0.05, 0.1) is 13.5 Å². The Hall–Kier alpha value is -1.39. The van der Waals surface area contributed by atoms with E-state index >= 15 is 0 Å². The van der Waals surface area contributed by atoms with Crippen molar-refractivity contribution in [2.45, 2.75) is 38.0 Å². The fourth-order valence-electron chi connectivity index (χ4n) is 2.39. The number of carbonyl (C=O) groups excluding carboxylic acids is 1. The highest BCUT2D eigenvalue weighted by atomic mass is 16.5. The monoisotopic (exact) mass is 292 g/mol. The van der Waals surface area contributed by atoms with E-state index in [1.807, 2.05) is 18.2 Å². The normalized spacial score (nSPS) is 12.1. The highest BCUT2D eigenvalue weighted by Gasteiger charge is 2.15. The van der Waals surface area contributed by atoms with Gasteiger partial charge in [-0.05, 0) is 56.8 Å². The number of rotatable bonds is 11. The molecule has 0 aliphatic heterocycles. The number of hydrogen-bond donors (Lipinski definition) is 2. The van der Waals surface area contributed by atoms with Crippen molar-refractivity contribution < 1.29 is 9.53 Å². The summed E-state index contributed by atoms with van der Waals surface area (Å²) in [5, 5.41) is 3.42. The van der Waals surface area contributed by atoms with Crippen molar-refractivity contribution in [3.63, 3.8) is 0 Å². The summed E-state index contributed by atoms with van der Waals surface area (Å²) in [7, 11) is 1.45. The van der Waals surface area contributed by atoms with Crippen LogP contribution in [0.15, 0.2) is 30.3 Å². The maximum atomic E-state index is 11.6. The van der Waals surface area contributed by atoms with Crippen LogP contribution < -0.4 is 11.1 Å². The number of unbranched alkanes of at least 4 members (excludes halogenated alkanes) is 1. The third-order valence-electron chi connectivity index (χ3n) is 3.63. The lowest BCUT2D eigenvalue weighted by Crippen LogP contribution is -2.18. The van der Waals surface area contributed by atoms with E-state index in [-0.39, 0.29) is 11.9 Å². The third kappa shape index (κ3) is 7.83. The van der Waals surface area contributed by atoms with Gasteiger partial charge in [-0.1, -0.05) is 30.3 Å². The number of carbonyl (C=O) groups is 1. The number of nitrogens with two attached hydrogens (primary N) is 1. The molecule has 0 aliphatic carbocycles. The zero-order valence-corrected chi connectivity index (χ0v) is 13.0. The molecule has 118 valence electrons. The molecule has 0 bridgehead atoms. The molecule has 1 rings (SSSR count). The summed E-state index contributed by atoms with van der Waals surface area (Å²) in [6.07, 6.45) is 4.69. The predicted octanol–water partition coefficient (Wildman–Crippen LogP) is 2.44. The molecular formula is C17H28N2O2. The zero-order chi connectivity index (χ0) is 15.3. The van der Waals surface area contributed by atoms with Crippen LogP contribution in [-0.4, -0.2) is 32.7 Å². The molecule has 1 unspecified atom stereocenters. The Kier molecular flexibility index (Phi) is 9.49. The minimum atomic E-state index is -0.139. The van der Waals surface area contributed by atoms with E-state index in [4.69, 9.17) is 10.5 Å². The summed E-state index contributed by atoms with van der Waals surface area (Å²) < 4.78 is 4.81. The smallest absolute Gasteiger partial charge is 0.306 e. The van der Waals surface area contributed by atoms with Crippen LogP contribution in [-0.2, 0) is 9.53 Å². The van der Waals surface area contributed by atoms with Crippen LogP contribution in [0.25, 0.3) is 0 Å². The van der Waals surface area contributed by atoms with Gasteiger partial charge in [0.2, 0.25) is 0 Å². The maximum Gasteiger partial charge on any atom is 0.306 e. The molecule has 1 atom stereocenters. The fourth-order valence-corrected chi connectivity index (χ4v) is 2.39. The van der Waals surface area contributed by atoms with Crippen molar-refractivity contribution in [2.75, 3.05) is 26.7 Å². The Morgan fingerprint density at radius 1 is 1.19 bits per heavy atom. The second kappa shape index (κ2) is 11.3. The van der Waals surface area contributed by atoms with E-state index < -0.39 is 0 Å². The average molecular weight is 292 g/mol. The summed E-state index contributed by atoms with van der Waals surface area (Å²) in [6, 6.07) is 10.2. The molecule has 0 aliphatic rings. The summed E-state index contributed by atoms with van der Waals surface area (Å²) in [6.45, 7) is 2.76. The molecule has 4 heteroatoms. The molecule has 0 heterocycles. The van der Waals surface area contributed by atoms with E-state index in [9.17, 15) is 4.79 Å². The summed E-state index contributed by atoms with van der Waals surface area (Å²) in [5.74, 6) is 0.101. The molecule has 0 fully saturated rings. The van der Waals surface area contributed by atoms with Crippen LogP contribution in [0.5, 0.6) is 0 Å². The number of nitrogens with one attached hydrogen (secondary N) is 1. The van der Waals surface area contributed by atoms with Crippen LogP contribution in [0.1, 0.15) is 43.6 Å². The summed E-state index contributed by atoms with van der Waals surface area (Å²) in [5.41, 5.74) is 6.68. The van der Waals surface area contributed by atoms with Gasteiger partial charge in [-0.2, -0.15) is 0 Å². The van der Waals surface area contributed by atoms with Gasteiger partial charge in [-0.3, -0.25) is 4.79 Å². The van der Waals surface area contributed by atoms with Gasteiger partial charge in [-0.25, -0.2) is 0 Å². The van der Waals surface area contributed by atoms with E-state index in [1.165, 1.54) is 12.7 Å². The van der Waals surface area contributed by atoms with Gasteiger partial charge in [0.15, 0.2) is 0 Å². The first kappa shape index (κ1) is 17.7. The summed E-state index contributed by atoms with van der Waals surface area (Å²) in [4.78, 5) is 11.6. The predicted molar refractivity (Wildman–Crippen MR) is 86.2 cm³/mol. The molecule has 0 spiro atoms. The number of hydrogen-bond acceptors (Lipinski definition) is 4. The van der Waals surface area contributed by atoms with Crippen molar-refractivity contribution in [2.24, 2.45) is 5.73 Å². The molecule has 0 saturated heterocycles. The van der Waals surface area contributed by atoms with Crippen molar-refractivity contribution >= 4 is 5.97 Å². The molecule has 0 aromatic heterocycles. The Balaban J connectivity index is 2.34. The minimum Gasteiger partial charge on any atom is -0.469 e. The Morgan fingerprint density at radius 3 is 2.57 bits per heavy atom. The SMILES string of the molecule is COC(=O)CC(CCCNCCCCN)c1ccccc1. The topological polar surface area (TPSA) is 64.3 Å². The van der Waals surface area contributed by atoms with Crippen molar-refractivity contribution in [3.8, 4) is 0 Å². The second-order valence-electron chi connectivity index (χ2n) is 5.28. The number of methoxy groups -OCH3 is 1. The van der Waals surface area contributed by atoms with Gasteiger partial charge in [-0.15, -0.1) is 0 Å². The van der Waals surface area contributed by atoms with Crippen LogP contribution in [0.3, 0.4) is 0 Å². The molecule has 21 heavy (non-hydrogen) atoms. The number of esters is 1. The molecular weight excluding hydrogens is 264 g/mol. The van der Waals surface area contributed by atoms with Crippen LogP contribution in [0, 0.1) is 0 Å². The fraction of sp³-hybridized carbons (Fsp3) is 0.588. The largest absolute Gasteiger partial charge is 0.469 e. The lowest BCUT2D eigenvalue weighted by molar-refractivity contribution is -0.141. The van der Waals surface area contributed by atoms with Gasteiger partial charge >= 0.3 is 5.97 Å². The average Bonchev–Trinajstić information content (AvgIpc) is 2.53. The zero-order valence-electron chi connectivity index (χ0n) is 13.0. The maximum absolute atomic E-state index is 11.6. The lowest BCUT2D eigenvalue weighted by Gasteiger charge is -2.16. The van der Waals surface area contributed by atoms with Gasteiger partial charge in [0.25, 0.3) is 0 Å². The Labute approximate surface area is 128 Å². The third-order valence-corrected chi connectivity index (χ3v) is 3.63. The van der Waals surface area contributed by atoms with Gasteiger partial charge < -0.3 is 15.8 Å². The van der Waals surface area contributed by atoms with Crippen LogP contribution in [0.2, 0.25) is 0 Å². The molecule has 0 amide bonds. The Morgan fingerprint density at radius 2 is 1.90 bits per heavy atom. The molecule has 0 saturated carbocycles. The second-order valence-corrected chi connectivity index (χ2v) is 5.28. The first-order valence-electron chi connectivity index (χ1n) is 7.80.